The van der Waals surface area contributed by atoms with Gasteiger partial charge in [-0.05, 0) is 50.2 Å². The fraction of sp³-hybridized carbons (Fsp3) is 0.190. The van der Waals surface area contributed by atoms with Crippen molar-refractivity contribution in [3.05, 3.63) is 76.3 Å². The van der Waals surface area contributed by atoms with Crippen molar-refractivity contribution in [2.75, 3.05) is 0 Å². The maximum atomic E-state index is 12.3. The Balaban J connectivity index is 1.31. The fourth-order valence-electron chi connectivity index (χ4n) is 2.66. The fourth-order valence-corrected chi connectivity index (χ4v) is 3.43. The van der Waals surface area contributed by atoms with Gasteiger partial charge in [-0.3, -0.25) is 0 Å². The Hall–Kier alpha value is -3.39. The number of benzene rings is 1. The largest absolute Gasteiger partial charge is 0.489 e. The zero-order chi connectivity index (χ0) is 20.2. The summed E-state index contributed by atoms with van der Waals surface area (Å²) in [7, 11) is 0. The van der Waals surface area contributed by atoms with Gasteiger partial charge < -0.3 is 18.4 Å². The van der Waals surface area contributed by atoms with Crippen LogP contribution in [0.15, 0.2) is 57.0 Å². The Morgan fingerprint density at radius 3 is 2.66 bits per heavy atom. The number of nitrogens with zero attached hydrogens (tertiary/aromatic N) is 2. The van der Waals surface area contributed by atoms with Gasteiger partial charge in [0, 0.05) is 5.38 Å². The lowest BCUT2D eigenvalue weighted by Crippen LogP contribution is -2.05. The number of esters is 1. The van der Waals surface area contributed by atoms with Gasteiger partial charge in [-0.2, -0.15) is 0 Å². The molecule has 3 aromatic heterocycles. The predicted molar refractivity (Wildman–Crippen MR) is 106 cm³/mol. The van der Waals surface area contributed by atoms with Crippen LogP contribution in [0.3, 0.4) is 0 Å². The zero-order valence-corrected chi connectivity index (χ0v) is 16.7. The Labute approximate surface area is 170 Å². The van der Waals surface area contributed by atoms with Gasteiger partial charge in [0.1, 0.15) is 24.7 Å². The van der Waals surface area contributed by atoms with Gasteiger partial charge in [0.15, 0.2) is 10.8 Å². The second-order valence-electron chi connectivity index (χ2n) is 6.31. The summed E-state index contributed by atoms with van der Waals surface area (Å²) < 4.78 is 21.5. The first-order valence-electron chi connectivity index (χ1n) is 8.90. The lowest BCUT2D eigenvalue weighted by molar-refractivity contribution is 0.0468. The van der Waals surface area contributed by atoms with Crippen LogP contribution in [-0.4, -0.2) is 16.1 Å². The standard InChI is InChI=1S/C21H18N2O5S/c1-13-18(14(2)28-23-13)11-26-17-7-5-15(6-8-17)21(24)27-10-16-12-29-20(22-16)19-4-3-9-25-19/h3-9,12H,10-11H2,1-2H3. The van der Waals surface area contributed by atoms with E-state index < -0.39 is 5.97 Å². The molecule has 0 spiro atoms. The zero-order valence-electron chi connectivity index (χ0n) is 15.9. The lowest BCUT2D eigenvalue weighted by atomic mass is 10.2. The summed E-state index contributed by atoms with van der Waals surface area (Å²) in [5, 5.41) is 6.50. The summed E-state index contributed by atoms with van der Waals surface area (Å²) >= 11 is 1.44. The summed E-state index contributed by atoms with van der Waals surface area (Å²) in [6, 6.07) is 10.4. The lowest BCUT2D eigenvalue weighted by Gasteiger charge is -2.07. The van der Waals surface area contributed by atoms with Gasteiger partial charge >= 0.3 is 5.97 Å². The van der Waals surface area contributed by atoms with Crippen LogP contribution in [0.2, 0.25) is 0 Å². The number of furan rings is 1. The molecule has 0 aliphatic carbocycles. The van der Waals surface area contributed by atoms with E-state index in [0.717, 1.165) is 22.0 Å². The van der Waals surface area contributed by atoms with Crippen molar-refractivity contribution in [1.29, 1.82) is 0 Å². The number of hydrogen-bond acceptors (Lipinski definition) is 8. The molecule has 0 aliphatic heterocycles. The van der Waals surface area contributed by atoms with Crippen LogP contribution in [0, 0.1) is 13.8 Å². The number of aryl methyl sites for hydroxylation is 2. The molecule has 0 radical (unpaired) electrons. The maximum Gasteiger partial charge on any atom is 0.338 e. The highest BCUT2D eigenvalue weighted by Crippen LogP contribution is 2.24. The summed E-state index contributed by atoms with van der Waals surface area (Å²) in [5.41, 5.74) is 2.84. The SMILES string of the molecule is Cc1noc(C)c1COc1ccc(C(=O)OCc2csc(-c3ccco3)n2)cc1. The Kier molecular flexibility index (Phi) is 5.44. The molecule has 0 aliphatic rings. The van der Waals surface area contributed by atoms with E-state index in [9.17, 15) is 4.79 Å². The molecular formula is C21H18N2O5S. The Morgan fingerprint density at radius 2 is 1.97 bits per heavy atom. The molecule has 1 aromatic carbocycles. The first-order valence-corrected chi connectivity index (χ1v) is 9.78. The minimum Gasteiger partial charge on any atom is -0.489 e. The van der Waals surface area contributed by atoms with E-state index in [1.165, 1.54) is 11.3 Å². The molecule has 8 heteroatoms. The Bertz CT molecular complexity index is 1080. The third kappa shape index (κ3) is 4.38. The van der Waals surface area contributed by atoms with Gasteiger partial charge in [-0.1, -0.05) is 5.16 Å². The van der Waals surface area contributed by atoms with Gasteiger partial charge in [0.2, 0.25) is 0 Å². The van der Waals surface area contributed by atoms with Crippen molar-refractivity contribution in [1.82, 2.24) is 10.1 Å². The average molecular weight is 410 g/mol. The molecule has 4 rings (SSSR count). The topological polar surface area (TPSA) is 87.6 Å². The van der Waals surface area contributed by atoms with E-state index in [-0.39, 0.29) is 6.61 Å². The van der Waals surface area contributed by atoms with Crippen LogP contribution in [-0.2, 0) is 18.0 Å². The summed E-state index contributed by atoms with van der Waals surface area (Å²) in [6.45, 7) is 4.17. The second-order valence-corrected chi connectivity index (χ2v) is 7.17. The highest BCUT2D eigenvalue weighted by molar-refractivity contribution is 7.13. The van der Waals surface area contributed by atoms with Gasteiger partial charge in [-0.15, -0.1) is 11.3 Å². The highest BCUT2D eigenvalue weighted by atomic mass is 32.1. The summed E-state index contributed by atoms with van der Waals surface area (Å²) in [4.78, 5) is 16.7. The monoisotopic (exact) mass is 410 g/mol. The maximum absolute atomic E-state index is 12.3. The van der Waals surface area contributed by atoms with E-state index in [4.69, 9.17) is 18.4 Å². The minimum absolute atomic E-state index is 0.0976. The van der Waals surface area contributed by atoms with Crippen molar-refractivity contribution in [3.8, 4) is 16.5 Å². The molecule has 7 nitrogen and oxygen atoms in total. The normalized spacial score (nSPS) is 10.8. The van der Waals surface area contributed by atoms with E-state index in [1.54, 1.807) is 36.6 Å². The number of ether oxygens (including phenoxy) is 2. The van der Waals surface area contributed by atoms with E-state index in [2.05, 4.69) is 10.1 Å². The minimum atomic E-state index is -0.421. The molecule has 0 atom stereocenters. The molecular weight excluding hydrogens is 392 g/mol. The van der Waals surface area contributed by atoms with Crippen LogP contribution < -0.4 is 4.74 Å². The van der Waals surface area contributed by atoms with E-state index in [0.29, 0.717) is 29.4 Å². The van der Waals surface area contributed by atoms with Crippen LogP contribution in [0.1, 0.15) is 33.1 Å². The molecule has 0 N–H and O–H groups in total. The molecule has 29 heavy (non-hydrogen) atoms. The average Bonchev–Trinajstić information content (AvgIpc) is 3.47. The van der Waals surface area contributed by atoms with Gasteiger partial charge in [-0.25, -0.2) is 9.78 Å². The first-order chi connectivity index (χ1) is 14.1. The third-order valence-corrected chi connectivity index (χ3v) is 5.19. The van der Waals surface area contributed by atoms with Crippen LogP contribution >= 0.6 is 11.3 Å². The van der Waals surface area contributed by atoms with E-state index >= 15 is 0 Å². The van der Waals surface area contributed by atoms with Gasteiger partial charge in [0.25, 0.3) is 0 Å². The molecule has 0 unspecified atom stereocenters. The van der Waals surface area contributed by atoms with Crippen molar-refractivity contribution in [3.63, 3.8) is 0 Å². The number of carbonyl (C=O) groups is 1. The van der Waals surface area contributed by atoms with E-state index in [1.807, 2.05) is 25.3 Å². The van der Waals surface area contributed by atoms with Crippen LogP contribution in [0.5, 0.6) is 5.75 Å². The van der Waals surface area contributed by atoms with Gasteiger partial charge in [0.05, 0.1) is 28.8 Å². The molecule has 4 aromatic rings. The molecule has 0 saturated heterocycles. The highest BCUT2D eigenvalue weighted by Gasteiger charge is 2.12. The number of rotatable bonds is 7. The second kappa shape index (κ2) is 8.32. The smallest absolute Gasteiger partial charge is 0.338 e. The molecule has 148 valence electrons. The van der Waals surface area contributed by atoms with Crippen molar-refractivity contribution >= 4 is 17.3 Å². The Morgan fingerprint density at radius 1 is 1.14 bits per heavy atom. The number of carbonyl (C=O) groups excluding carboxylic acids is 1. The first kappa shape index (κ1) is 18.9. The van der Waals surface area contributed by atoms with Crippen molar-refractivity contribution in [2.24, 2.45) is 0 Å². The number of aromatic nitrogens is 2. The summed E-state index contributed by atoms with van der Waals surface area (Å²) in [6.07, 6.45) is 1.60. The predicted octanol–water partition coefficient (Wildman–Crippen LogP) is 4.94. The van der Waals surface area contributed by atoms with Crippen LogP contribution in [0.4, 0.5) is 0 Å². The summed E-state index contributed by atoms with van der Waals surface area (Å²) in [5.74, 6) is 1.65. The quantitative estimate of drug-likeness (QED) is 0.399. The molecule has 3 heterocycles. The molecule has 0 fully saturated rings. The molecule has 0 amide bonds. The van der Waals surface area contributed by atoms with Crippen molar-refractivity contribution in [2.45, 2.75) is 27.1 Å². The number of thiazole rings is 1. The van der Waals surface area contributed by atoms with Crippen LogP contribution in [0.25, 0.3) is 10.8 Å². The number of hydrogen-bond donors (Lipinski definition) is 0. The molecule has 0 saturated carbocycles. The van der Waals surface area contributed by atoms with Crippen molar-refractivity contribution < 1.29 is 23.2 Å². The molecule has 0 bridgehead atoms. The third-order valence-electron chi connectivity index (χ3n) is 4.29.